The number of hydrogen-bond acceptors (Lipinski definition) is 6. The standard InChI is InChI=1S/C16H22N4O6S/c17-9-14(21)18-10-12(16(23)24)19-15(22)13-7-4-8-20(13)27(25,26)11-5-2-1-3-6-11/h1-3,5-6,12-13H,4,7-10,17H2,(H,18,21)(H,19,22)(H,23,24)/t12-,13-/m0/s1. The van der Waals surface area contributed by atoms with E-state index < -0.39 is 39.9 Å². The fourth-order valence-corrected chi connectivity index (χ4v) is 4.45. The van der Waals surface area contributed by atoms with Crippen LogP contribution < -0.4 is 16.4 Å². The van der Waals surface area contributed by atoms with Crippen molar-refractivity contribution in [2.24, 2.45) is 5.73 Å². The van der Waals surface area contributed by atoms with E-state index in [4.69, 9.17) is 5.73 Å². The molecular formula is C16H22N4O6S. The van der Waals surface area contributed by atoms with E-state index in [1.807, 2.05) is 0 Å². The molecule has 5 N–H and O–H groups in total. The molecule has 1 saturated heterocycles. The van der Waals surface area contributed by atoms with Crippen molar-refractivity contribution in [2.45, 2.75) is 29.8 Å². The average molecular weight is 398 g/mol. The first-order chi connectivity index (χ1) is 12.8. The summed E-state index contributed by atoms with van der Waals surface area (Å²) in [6, 6.07) is 5.31. The number of amides is 2. The minimum Gasteiger partial charge on any atom is -0.480 e. The zero-order valence-electron chi connectivity index (χ0n) is 14.5. The maximum atomic E-state index is 12.8. The zero-order valence-corrected chi connectivity index (χ0v) is 15.3. The highest BCUT2D eigenvalue weighted by Gasteiger charge is 2.40. The number of carboxylic acid groups (broad SMARTS) is 1. The molecular weight excluding hydrogens is 376 g/mol. The van der Waals surface area contributed by atoms with Crippen molar-refractivity contribution in [2.75, 3.05) is 19.6 Å². The largest absolute Gasteiger partial charge is 0.480 e. The number of aliphatic carboxylic acids is 1. The Balaban J connectivity index is 2.12. The Morgan fingerprint density at radius 1 is 1.26 bits per heavy atom. The van der Waals surface area contributed by atoms with Crippen LogP contribution in [-0.2, 0) is 24.4 Å². The third-order valence-corrected chi connectivity index (χ3v) is 6.08. The highest BCUT2D eigenvalue weighted by atomic mass is 32.2. The van der Waals surface area contributed by atoms with E-state index in [1.54, 1.807) is 18.2 Å². The average Bonchev–Trinajstić information content (AvgIpc) is 3.16. The van der Waals surface area contributed by atoms with Crippen LogP contribution in [0.5, 0.6) is 0 Å². The van der Waals surface area contributed by atoms with Gasteiger partial charge in [-0.2, -0.15) is 4.31 Å². The van der Waals surface area contributed by atoms with Crippen molar-refractivity contribution in [1.82, 2.24) is 14.9 Å². The Bertz CT molecular complexity index is 798. The van der Waals surface area contributed by atoms with E-state index in [2.05, 4.69) is 10.6 Å². The Kier molecular flexibility index (Phi) is 6.88. The van der Waals surface area contributed by atoms with Crippen LogP contribution in [0, 0.1) is 0 Å². The van der Waals surface area contributed by atoms with Crippen LogP contribution in [0.2, 0.25) is 0 Å². The van der Waals surface area contributed by atoms with E-state index in [9.17, 15) is 27.9 Å². The van der Waals surface area contributed by atoms with Gasteiger partial charge in [-0.15, -0.1) is 0 Å². The minimum atomic E-state index is -3.88. The molecule has 0 radical (unpaired) electrons. The number of carboxylic acids is 1. The van der Waals surface area contributed by atoms with Crippen LogP contribution in [0.4, 0.5) is 0 Å². The quantitative estimate of drug-likeness (QED) is 0.414. The Morgan fingerprint density at radius 3 is 2.52 bits per heavy atom. The number of nitrogens with two attached hydrogens (primary N) is 1. The second-order valence-corrected chi connectivity index (χ2v) is 7.89. The third-order valence-electron chi connectivity index (χ3n) is 4.16. The molecule has 2 rings (SSSR count). The normalized spacial score (nSPS) is 18.6. The third kappa shape index (κ3) is 5.02. The summed E-state index contributed by atoms with van der Waals surface area (Å²) in [4.78, 5) is 35.1. The Hall–Kier alpha value is -2.50. The van der Waals surface area contributed by atoms with Gasteiger partial charge in [0.25, 0.3) is 0 Å². The fourth-order valence-electron chi connectivity index (χ4n) is 2.77. The molecule has 0 aromatic heterocycles. The van der Waals surface area contributed by atoms with Crippen LogP contribution >= 0.6 is 0 Å². The summed E-state index contributed by atoms with van der Waals surface area (Å²) >= 11 is 0. The van der Waals surface area contributed by atoms with Crippen LogP contribution in [0.15, 0.2) is 35.2 Å². The summed E-state index contributed by atoms with van der Waals surface area (Å²) in [5, 5.41) is 13.8. The number of nitrogens with one attached hydrogen (secondary N) is 2. The van der Waals surface area contributed by atoms with Crippen LogP contribution in [0.1, 0.15) is 12.8 Å². The summed E-state index contributed by atoms with van der Waals surface area (Å²) in [6.45, 7) is -0.502. The number of benzene rings is 1. The summed E-state index contributed by atoms with van der Waals surface area (Å²) in [7, 11) is -3.88. The molecule has 1 aliphatic rings. The highest BCUT2D eigenvalue weighted by molar-refractivity contribution is 7.89. The van der Waals surface area contributed by atoms with Crippen LogP contribution in [0.25, 0.3) is 0 Å². The van der Waals surface area contributed by atoms with E-state index >= 15 is 0 Å². The monoisotopic (exact) mass is 398 g/mol. The zero-order chi connectivity index (χ0) is 20.0. The van der Waals surface area contributed by atoms with Crippen molar-refractivity contribution < 1.29 is 27.9 Å². The molecule has 148 valence electrons. The van der Waals surface area contributed by atoms with Gasteiger partial charge in [-0.1, -0.05) is 18.2 Å². The lowest BCUT2D eigenvalue weighted by Gasteiger charge is -2.25. The van der Waals surface area contributed by atoms with Crippen molar-refractivity contribution in [3.8, 4) is 0 Å². The second kappa shape index (κ2) is 8.93. The summed E-state index contributed by atoms with van der Waals surface area (Å²) in [5.41, 5.74) is 5.14. The molecule has 1 heterocycles. The Morgan fingerprint density at radius 2 is 1.93 bits per heavy atom. The molecule has 2 amide bonds. The maximum absolute atomic E-state index is 12.8. The lowest BCUT2D eigenvalue weighted by atomic mass is 10.2. The molecule has 27 heavy (non-hydrogen) atoms. The molecule has 0 unspecified atom stereocenters. The number of hydrogen-bond donors (Lipinski definition) is 4. The molecule has 0 bridgehead atoms. The minimum absolute atomic E-state index is 0.0645. The lowest BCUT2D eigenvalue weighted by Crippen LogP contribution is -2.54. The van der Waals surface area contributed by atoms with Crippen LogP contribution in [0.3, 0.4) is 0 Å². The summed E-state index contributed by atoms with van der Waals surface area (Å²) < 4.78 is 26.6. The molecule has 1 aromatic carbocycles. The predicted octanol–water partition coefficient (Wildman–Crippen LogP) is -1.52. The molecule has 1 fully saturated rings. The Labute approximate surface area is 156 Å². The highest BCUT2D eigenvalue weighted by Crippen LogP contribution is 2.26. The molecule has 1 aliphatic heterocycles. The molecule has 0 spiro atoms. The molecule has 2 atom stereocenters. The summed E-state index contributed by atoms with van der Waals surface area (Å²) in [5.74, 6) is -2.64. The maximum Gasteiger partial charge on any atom is 0.328 e. The molecule has 0 aliphatic carbocycles. The van der Waals surface area contributed by atoms with Gasteiger partial charge in [0.2, 0.25) is 21.8 Å². The van der Waals surface area contributed by atoms with Gasteiger partial charge in [-0.3, -0.25) is 9.59 Å². The number of nitrogens with zero attached hydrogens (tertiary/aromatic N) is 1. The van der Waals surface area contributed by atoms with Gasteiger partial charge in [0.15, 0.2) is 0 Å². The summed E-state index contributed by atoms with van der Waals surface area (Å²) in [6.07, 6.45) is 0.755. The molecule has 1 aromatic rings. The molecule has 0 saturated carbocycles. The van der Waals surface area contributed by atoms with Gasteiger partial charge in [-0.25, -0.2) is 13.2 Å². The van der Waals surface area contributed by atoms with Crippen molar-refractivity contribution in [3.63, 3.8) is 0 Å². The first kappa shape index (κ1) is 20.8. The van der Waals surface area contributed by atoms with E-state index in [0.29, 0.717) is 6.42 Å². The van der Waals surface area contributed by atoms with E-state index in [-0.39, 0.29) is 31.0 Å². The molecule has 10 nitrogen and oxygen atoms in total. The second-order valence-electron chi connectivity index (χ2n) is 5.99. The van der Waals surface area contributed by atoms with Gasteiger partial charge in [0.05, 0.1) is 11.4 Å². The predicted molar refractivity (Wildman–Crippen MR) is 95.0 cm³/mol. The van der Waals surface area contributed by atoms with Crippen LogP contribution in [-0.4, -0.2) is 67.3 Å². The number of carbonyl (C=O) groups excluding carboxylic acids is 2. The fraction of sp³-hybridized carbons (Fsp3) is 0.438. The van der Waals surface area contributed by atoms with Gasteiger partial charge in [-0.05, 0) is 25.0 Å². The number of rotatable bonds is 8. The van der Waals surface area contributed by atoms with Gasteiger partial charge >= 0.3 is 5.97 Å². The number of carbonyl (C=O) groups is 3. The van der Waals surface area contributed by atoms with Gasteiger partial charge < -0.3 is 21.5 Å². The first-order valence-electron chi connectivity index (χ1n) is 8.34. The van der Waals surface area contributed by atoms with E-state index in [1.165, 1.54) is 12.1 Å². The lowest BCUT2D eigenvalue weighted by molar-refractivity contribution is -0.142. The van der Waals surface area contributed by atoms with Gasteiger partial charge in [0, 0.05) is 13.1 Å². The van der Waals surface area contributed by atoms with Gasteiger partial charge in [0.1, 0.15) is 12.1 Å². The van der Waals surface area contributed by atoms with E-state index in [0.717, 1.165) is 4.31 Å². The van der Waals surface area contributed by atoms with Crippen molar-refractivity contribution in [3.05, 3.63) is 30.3 Å². The first-order valence-corrected chi connectivity index (χ1v) is 9.78. The van der Waals surface area contributed by atoms with Crippen molar-refractivity contribution >= 4 is 27.8 Å². The molecule has 11 heteroatoms. The topological polar surface area (TPSA) is 159 Å². The SMILES string of the molecule is NCC(=O)NC[C@H](NC(=O)[C@@H]1CCCN1S(=O)(=O)c1ccccc1)C(=O)O. The van der Waals surface area contributed by atoms with Crippen molar-refractivity contribution in [1.29, 1.82) is 0 Å². The smallest absolute Gasteiger partial charge is 0.328 e. The number of sulfonamides is 1.